The molecule has 0 aliphatic rings. The van der Waals surface area contributed by atoms with Gasteiger partial charge in [0.05, 0.1) is 0 Å². The molecule has 0 aromatic carbocycles. The van der Waals surface area contributed by atoms with E-state index in [-0.39, 0.29) is 5.91 Å². The van der Waals surface area contributed by atoms with Crippen molar-refractivity contribution in [3.63, 3.8) is 0 Å². The van der Waals surface area contributed by atoms with Crippen molar-refractivity contribution < 1.29 is 4.79 Å². The van der Waals surface area contributed by atoms with Crippen molar-refractivity contribution >= 4 is 27.5 Å². The Morgan fingerprint density at radius 1 is 1.67 bits per heavy atom. The van der Waals surface area contributed by atoms with Crippen LogP contribution in [0.3, 0.4) is 0 Å². The summed E-state index contributed by atoms with van der Waals surface area (Å²) < 4.78 is 0. The molecular formula is C5H9NOS2. The molecule has 0 bridgehead atoms. The molecule has 0 aromatic rings. The van der Waals surface area contributed by atoms with Crippen LogP contribution in [0, 0.1) is 0 Å². The molecule has 0 saturated carbocycles. The fourth-order valence-corrected chi connectivity index (χ4v) is 1.02. The molecule has 0 saturated heterocycles. The van der Waals surface area contributed by atoms with Gasteiger partial charge in [0.15, 0.2) is 0 Å². The van der Waals surface area contributed by atoms with Crippen LogP contribution < -0.4 is 5.32 Å². The first-order valence-corrected chi connectivity index (χ1v) is 5.01. The third-order valence-electron chi connectivity index (χ3n) is 0.618. The average molecular weight is 163 g/mol. The molecule has 0 rings (SSSR count). The Labute approximate surface area is 62.9 Å². The topological polar surface area (TPSA) is 29.1 Å². The van der Waals surface area contributed by atoms with Crippen molar-refractivity contribution in [2.75, 3.05) is 13.3 Å². The summed E-state index contributed by atoms with van der Waals surface area (Å²) >= 11 is 0. The number of hydrogen-bond donors (Lipinski definition) is 1. The van der Waals surface area contributed by atoms with E-state index in [0.29, 0.717) is 0 Å². The van der Waals surface area contributed by atoms with Crippen LogP contribution >= 0.6 is 21.6 Å². The number of rotatable bonds is 3. The van der Waals surface area contributed by atoms with Crippen LogP contribution in [-0.4, -0.2) is 19.2 Å². The van der Waals surface area contributed by atoms with Crippen molar-refractivity contribution in [2.45, 2.75) is 0 Å². The highest BCUT2D eigenvalue weighted by atomic mass is 33.1. The Morgan fingerprint density at radius 2 is 2.33 bits per heavy atom. The van der Waals surface area contributed by atoms with Crippen molar-refractivity contribution in [2.24, 2.45) is 0 Å². The summed E-state index contributed by atoms with van der Waals surface area (Å²) in [6.45, 7) is 0. The zero-order valence-corrected chi connectivity index (χ0v) is 7.01. The summed E-state index contributed by atoms with van der Waals surface area (Å²) in [5.41, 5.74) is 0. The normalized spacial score (nSPS) is 10.0. The molecule has 0 atom stereocenters. The first-order chi connectivity index (χ1) is 4.31. The maximum Gasteiger partial charge on any atom is 0.244 e. The number of hydrogen-bond acceptors (Lipinski definition) is 3. The van der Waals surface area contributed by atoms with E-state index in [1.807, 2.05) is 6.26 Å². The molecular weight excluding hydrogens is 154 g/mol. The molecule has 1 N–H and O–H groups in total. The van der Waals surface area contributed by atoms with Crippen LogP contribution in [0.25, 0.3) is 0 Å². The Hall–Kier alpha value is -0.0900. The van der Waals surface area contributed by atoms with Crippen molar-refractivity contribution in [1.29, 1.82) is 0 Å². The molecule has 9 heavy (non-hydrogen) atoms. The van der Waals surface area contributed by atoms with Crippen LogP contribution in [0.15, 0.2) is 11.5 Å². The Kier molecular flexibility index (Phi) is 5.98. The first-order valence-electron chi connectivity index (χ1n) is 2.39. The minimum atomic E-state index is -0.0587. The highest BCUT2D eigenvalue weighted by molar-refractivity contribution is 8.77. The van der Waals surface area contributed by atoms with Crippen molar-refractivity contribution in [1.82, 2.24) is 5.32 Å². The van der Waals surface area contributed by atoms with Crippen LogP contribution in [-0.2, 0) is 4.79 Å². The van der Waals surface area contributed by atoms with E-state index in [2.05, 4.69) is 5.32 Å². The van der Waals surface area contributed by atoms with Gasteiger partial charge in [-0.1, -0.05) is 21.6 Å². The molecule has 0 radical (unpaired) electrons. The fourth-order valence-electron chi connectivity index (χ4n) is 0.228. The molecule has 0 aromatic heterocycles. The molecule has 0 fully saturated rings. The number of carbonyl (C=O) groups excluding carboxylic acids is 1. The van der Waals surface area contributed by atoms with Gasteiger partial charge in [-0.25, -0.2) is 0 Å². The quantitative estimate of drug-likeness (QED) is 0.501. The second-order valence-electron chi connectivity index (χ2n) is 1.18. The van der Waals surface area contributed by atoms with E-state index in [0.717, 1.165) is 0 Å². The smallest absolute Gasteiger partial charge is 0.244 e. The minimum absolute atomic E-state index is 0.0587. The molecule has 0 unspecified atom stereocenters. The monoisotopic (exact) mass is 163 g/mol. The molecule has 52 valence electrons. The van der Waals surface area contributed by atoms with Gasteiger partial charge in [0.25, 0.3) is 0 Å². The molecule has 0 heterocycles. The van der Waals surface area contributed by atoms with E-state index >= 15 is 0 Å². The summed E-state index contributed by atoms with van der Waals surface area (Å²) in [6.07, 6.45) is 3.46. The zero-order chi connectivity index (χ0) is 7.11. The van der Waals surface area contributed by atoms with Crippen LogP contribution in [0.1, 0.15) is 0 Å². The van der Waals surface area contributed by atoms with E-state index < -0.39 is 0 Å². The van der Waals surface area contributed by atoms with Crippen molar-refractivity contribution in [3.8, 4) is 0 Å². The van der Waals surface area contributed by atoms with Gasteiger partial charge in [0.2, 0.25) is 5.91 Å². The van der Waals surface area contributed by atoms with Crippen LogP contribution in [0.2, 0.25) is 0 Å². The predicted octanol–water partition coefficient (Wildman–Crippen LogP) is 1.26. The lowest BCUT2D eigenvalue weighted by molar-refractivity contribution is -0.116. The summed E-state index contributed by atoms with van der Waals surface area (Å²) in [4.78, 5) is 10.5. The minimum Gasteiger partial charge on any atom is -0.356 e. The van der Waals surface area contributed by atoms with E-state index in [9.17, 15) is 4.79 Å². The Morgan fingerprint density at radius 3 is 2.78 bits per heavy atom. The third kappa shape index (κ3) is 5.79. The first kappa shape index (κ1) is 8.91. The van der Waals surface area contributed by atoms with Crippen LogP contribution in [0.4, 0.5) is 0 Å². The van der Waals surface area contributed by atoms with Gasteiger partial charge < -0.3 is 5.32 Å². The molecule has 0 spiro atoms. The third-order valence-corrected chi connectivity index (χ3v) is 1.97. The van der Waals surface area contributed by atoms with Crippen molar-refractivity contribution in [3.05, 3.63) is 11.5 Å². The lowest BCUT2D eigenvalue weighted by Crippen LogP contribution is -2.13. The number of nitrogens with one attached hydrogen (secondary N) is 1. The van der Waals surface area contributed by atoms with Gasteiger partial charge in [-0.05, 0) is 11.7 Å². The second-order valence-corrected chi connectivity index (χ2v) is 3.56. The second kappa shape index (κ2) is 6.04. The van der Waals surface area contributed by atoms with E-state index in [1.54, 1.807) is 23.2 Å². The summed E-state index contributed by atoms with van der Waals surface area (Å²) in [7, 11) is 4.74. The van der Waals surface area contributed by atoms with E-state index in [4.69, 9.17) is 0 Å². The lowest BCUT2D eigenvalue weighted by atomic mass is 10.6. The maximum atomic E-state index is 10.5. The zero-order valence-electron chi connectivity index (χ0n) is 5.38. The average Bonchev–Trinajstić information content (AvgIpc) is 1.89. The highest BCUT2D eigenvalue weighted by Crippen LogP contribution is 2.17. The molecule has 0 aliphatic heterocycles. The SMILES string of the molecule is CNC(=O)/C=C\SSC. The molecule has 0 aliphatic carbocycles. The number of likely N-dealkylation sites (N-methyl/N-ethyl adjacent to an activating group) is 1. The Balaban J connectivity index is 3.32. The van der Waals surface area contributed by atoms with Gasteiger partial charge in [0, 0.05) is 13.1 Å². The summed E-state index contributed by atoms with van der Waals surface area (Å²) in [5, 5.41) is 4.23. The molecule has 2 nitrogen and oxygen atoms in total. The van der Waals surface area contributed by atoms with Crippen LogP contribution in [0.5, 0.6) is 0 Å². The molecule has 4 heteroatoms. The largest absolute Gasteiger partial charge is 0.356 e. The molecule has 1 amide bonds. The van der Waals surface area contributed by atoms with Gasteiger partial charge in [0.1, 0.15) is 0 Å². The number of amides is 1. The van der Waals surface area contributed by atoms with Gasteiger partial charge in [-0.3, -0.25) is 4.79 Å². The van der Waals surface area contributed by atoms with Gasteiger partial charge in [-0.2, -0.15) is 0 Å². The van der Waals surface area contributed by atoms with Gasteiger partial charge >= 0.3 is 0 Å². The Bertz CT molecular complexity index is 114. The number of carbonyl (C=O) groups is 1. The van der Waals surface area contributed by atoms with Gasteiger partial charge in [-0.15, -0.1) is 0 Å². The predicted molar refractivity (Wildman–Crippen MR) is 44.3 cm³/mol. The standard InChI is InChI=1S/C5H9NOS2/c1-6-5(7)3-4-9-8-2/h3-4H,1-2H3,(H,6,7)/b4-3-. The fraction of sp³-hybridized carbons (Fsp3) is 0.400. The summed E-state index contributed by atoms with van der Waals surface area (Å²) in [6, 6.07) is 0. The van der Waals surface area contributed by atoms with E-state index in [1.165, 1.54) is 16.9 Å². The maximum absolute atomic E-state index is 10.5. The lowest BCUT2D eigenvalue weighted by Gasteiger charge is -1.87. The summed E-state index contributed by atoms with van der Waals surface area (Å²) in [5.74, 6) is -0.0587. The highest BCUT2D eigenvalue weighted by Gasteiger charge is 1.84.